The number of carbonyl (C=O) groups excluding carboxylic acids is 2. The molecular weight excluding hydrogens is 378 g/mol. The van der Waals surface area contributed by atoms with Crippen LogP contribution in [0.15, 0.2) is 29.2 Å². The lowest BCUT2D eigenvalue weighted by Gasteiger charge is -2.08. The van der Waals surface area contributed by atoms with E-state index >= 15 is 0 Å². The Bertz CT molecular complexity index is 804. The molecule has 1 amide bonds. The van der Waals surface area contributed by atoms with Crippen LogP contribution < -0.4 is 5.32 Å². The Balaban J connectivity index is 1.71. The van der Waals surface area contributed by atoms with E-state index in [4.69, 9.17) is 16.3 Å². The van der Waals surface area contributed by atoms with Crippen LogP contribution in [0.25, 0.3) is 0 Å². The Morgan fingerprint density at radius 2 is 2.12 bits per heavy atom. The van der Waals surface area contributed by atoms with Crippen LogP contribution in [0.1, 0.15) is 34.1 Å². The van der Waals surface area contributed by atoms with Crippen molar-refractivity contribution in [3.8, 4) is 0 Å². The van der Waals surface area contributed by atoms with Gasteiger partial charge in [-0.15, -0.1) is 23.1 Å². The Morgan fingerprint density at radius 3 is 2.88 bits per heavy atom. The van der Waals surface area contributed by atoms with Crippen molar-refractivity contribution in [1.82, 2.24) is 0 Å². The van der Waals surface area contributed by atoms with Gasteiger partial charge in [-0.3, -0.25) is 4.79 Å². The van der Waals surface area contributed by atoms with Crippen molar-refractivity contribution in [2.24, 2.45) is 0 Å². The predicted molar refractivity (Wildman–Crippen MR) is 103 cm³/mol. The number of benzene rings is 1. The van der Waals surface area contributed by atoms with Gasteiger partial charge in [0.2, 0.25) is 5.91 Å². The molecule has 1 heterocycles. The average Bonchev–Trinajstić information content (AvgIpc) is 3.14. The van der Waals surface area contributed by atoms with E-state index < -0.39 is 0 Å². The number of esters is 1. The summed E-state index contributed by atoms with van der Waals surface area (Å²) < 4.78 is 5.17. The summed E-state index contributed by atoms with van der Waals surface area (Å²) in [5.74, 6) is -0.277. The van der Waals surface area contributed by atoms with Crippen LogP contribution in [0.4, 0.5) is 5.00 Å². The zero-order chi connectivity index (χ0) is 17.8. The number of fused-ring (bicyclic) bond motifs is 1. The summed E-state index contributed by atoms with van der Waals surface area (Å²) in [5.41, 5.74) is 1.58. The van der Waals surface area contributed by atoms with E-state index in [1.807, 2.05) is 18.2 Å². The lowest BCUT2D eigenvalue weighted by Crippen LogP contribution is -2.16. The van der Waals surface area contributed by atoms with Gasteiger partial charge < -0.3 is 10.1 Å². The number of hydrogen-bond donors (Lipinski definition) is 1. The van der Waals surface area contributed by atoms with Gasteiger partial charge in [0.05, 0.1) is 22.9 Å². The van der Waals surface area contributed by atoms with Gasteiger partial charge in [0.1, 0.15) is 5.00 Å². The molecule has 0 spiro atoms. The number of hydrogen-bond acceptors (Lipinski definition) is 5. The topological polar surface area (TPSA) is 55.4 Å². The summed E-state index contributed by atoms with van der Waals surface area (Å²) in [6.07, 6.45) is 2.87. The number of amides is 1. The Kier molecular flexibility index (Phi) is 6.04. The van der Waals surface area contributed by atoms with E-state index in [2.05, 4.69) is 5.32 Å². The van der Waals surface area contributed by atoms with Gasteiger partial charge >= 0.3 is 5.97 Å². The van der Waals surface area contributed by atoms with E-state index in [0.717, 1.165) is 29.7 Å². The van der Waals surface area contributed by atoms with Crippen molar-refractivity contribution < 1.29 is 14.3 Å². The molecule has 0 aliphatic heterocycles. The Morgan fingerprint density at radius 1 is 1.32 bits per heavy atom. The van der Waals surface area contributed by atoms with Gasteiger partial charge in [0.25, 0.3) is 0 Å². The second-order valence-corrected chi connectivity index (χ2v) is 8.08. The number of nitrogens with one attached hydrogen (secondary N) is 1. The van der Waals surface area contributed by atoms with Gasteiger partial charge in [-0.1, -0.05) is 23.7 Å². The standard InChI is InChI=1S/C18H18ClNO3S2/c1-2-23-18(22)16-11-6-5-9-13(11)25-17(16)20-15(21)10-24-14-8-4-3-7-12(14)19/h3-4,7-8H,2,5-6,9-10H2,1H3,(H,20,21). The van der Waals surface area contributed by atoms with Gasteiger partial charge in [0.15, 0.2) is 0 Å². The summed E-state index contributed by atoms with van der Waals surface area (Å²) in [5, 5.41) is 4.12. The molecule has 0 radical (unpaired) electrons. The number of carbonyl (C=O) groups is 2. The largest absolute Gasteiger partial charge is 0.462 e. The maximum Gasteiger partial charge on any atom is 0.341 e. The minimum absolute atomic E-state index is 0.157. The van der Waals surface area contributed by atoms with Crippen molar-refractivity contribution in [2.45, 2.75) is 31.1 Å². The maximum absolute atomic E-state index is 12.3. The minimum atomic E-state index is -0.351. The highest BCUT2D eigenvalue weighted by Crippen LogP contribution is 2.39. The quantitative estimate of drug-likeness (QED) is 0.564. The summed E-state index contributed by atoms with van der Waals surface area (Å²) in [6.45, 7) is 2.10. The molecular formula is C18H18ClNO3S2. The van der Waals surface area contributed by atoms with Gasteiger partial charge in [-0.2, -0.15) is 0 Å². The highest BCUT2D eigenvalue weighted by atomic mass is 35.5. The number of thiophene rings is 1. The minimum Gasteiger partial charge on any atom is -0.462 e. The number of aryl methyl sites for hydroxylation is 1. The Labute approximate surface area is 159 Å². The smallest absolute Gasteiger partial charge is 0.341 e. The van der Waals surface area contributed by atoms with Crippen LogP contribution in [0, 0.1) is 0 Å². The van der Waals surface area contributed by atoms with E-state index in [0.29, 0.717) is 22.2 Å². The van der Waals surface area contributed by atoms with E-state index in [1.165, 1.54) is 28.0 Å². The van der Waals surface area contributed by atoms with Crippen LogP contribution in [-0.4, -0.2) is 24.2 Å². The monoisotopic (exact) mass is 395 g/mol. The molecule has 1 aliphatic rings. The number of rotatable bonds is 6. The maximum atomic E-state index is 12.3. The van der Waals surface area contributed by atoms with E-state index in [1.54, 1.807) is 13.0 Å². The number of anilines is 1. The normalized spacial score (nSPS) is 12.7. The lowest BCUT2D eigenvalue weighted by molar-refractivity contribution is -0.113. The van der Waals surface area contributed by atoms with Crippen LogP contribution in [0.2, 0.25) is 5.02 Å². The third-order valence-corrected chi connectivity index (χ3v) is 6.57. The van der Waals surface area contributed by atoms with Gasteiger partial charge in [0, 0.05) is 9.77 Å². The fourth-order valence-electron chi connectivity index (χ4n) is 2.78. The molecule has 132 valence electrons. The van der Waals surface area contributed by atoms with Crippen LogP contribution in [-0.2, 0) is 22.4 Å². The second kappa shape index (κ2) is 8.25. The molecule has 1 aromatic carbocycles. The molecule has 0 saturated carbocycles. The average molecular weight is 396 g/mol. The highest BCUT2D eigenvalue weighted by Gasteiger charge is 2.28. The van der Waals surface area contributed by atoms with E-state index in [-0.39, 0.29) is 17.6 Å². The van der Waals surface area contributed by atoms with Crippen molar-refractivity contribution in [3.05, 3.63) is 45.3 Å². The molecule has 0 fully saturated rings. The second-order valence-electron chi connectivity index (χ2n) is 5.55. The molecule has 0 bridgehead atoms. The van der Waals surface area contributed by atoms with E-state index in [9.17, 15) is 9.59 Å². The van der Waals surface area contributed by atoms with Gasteiger partial charge in [-0.05, 0) is 43.9 Å². The summed E-state index contributed by atoms with van der Waals surface area (Å²) in [7, 11) is 0. The first kappa shape index (κ1) is 18.3. The molecule has 1 N–H and O–H groups in total. The number of ether oxygens (including phenoxy) is 1. The first-order valence-electron chi connectivity index (χ1n) is 8.09. The first-order chi connectivity index (χ1) is 12.1. The summed E-state index contributed by atoms with van der Waals surface area (Å²) >= 11 is 8.97. The molecule has 0 unspecified atom stereocenters. The molecule has 0 atom stereocenters. The molecule has 4 nitrogen and oxygen atoms in total. The summed E-state index contributed by atoms with van der Waals surface area (Å²) in [6, 6.07) is 7.41. The molecule has 2 aromatic rings. The van der Waals surface area contributed by atoms with Crippen molar-refractivity contribution in [2.75, 3.05) is 17.7 Å². The molecule has 7 heteroatoms. The third kappa shape index (κ3) is 4.19. The molecule has 0 saturated heterocycles. The van der Waals surface area contributed by atoms with Crippen molar-refractivity contribution in [3.63, 3.8) is 0 Å². The lowest BCUT2D eigenvalue weighted by atomic mass is 10.1. The van der Waals surface area contributed by atoms with Crippen molar-refractivity contribution >= 4 is 51.6 Å². The molecule has 1 aliphatic carbocycles. The number of halogens is 1. The Hall–Kier alpha value is -1.50. The number of thioether (sulfide) groups is 1. The predicted octanol–water partition coefficient (Wildman–Crippen LogP) is 4.80. The summed E-state index contributed by atoms with van der Waals surface area (Å²) in [4.78, 5) is 26.7. The molecule has 3 rings (SSSR count). The zero-order valence-electron chi connectivity index (χ0n) is 13.8. The SMILES string of the molecule is CCOC(=O)c1c(NC(=O)CSc2ccccc2Cl)sc2c1CCC2. The van der Waals surface area contributed by atoms with Crippen LogP contribution in [0.5, 0.6) is 0 Å². The fraction of sp³-hybridized carbons (Fsp3) is 0.333. The van der Waals surface area contributed by atoms with Crippen LogP contribution in [0.3, 0.4) is 0 Å². The third-order valence-electron chi connectivity index (χ3n) is 3.85. The van der Waals surface area contributed by atoms with Crippen LogP contribution >= 0.6 is 34.7 Å². The van der Waals surface area contributed by atoms with Gasteiger partial charge in [-0.25, -0.2) is 4.79 Å². The first-order valence-corrected chi connectivity index (χ1v) is 10.3. The highest BCUT2D eigenvalue weighted by molar-refractivity contribution is 8.00. The fourth-order valence-corrected chi connectivity index (χ4v) is 5.11. The zero-order valence-corrected chi connectivity index (χ0v) is 16.2. The molecule has 25 heavy (non-hydrogen) atoms. The molecule has 1 aromatic heterocycles. The van der Waals surface area contributed by atoms with Crippen molar-refractivity contribution in [1.29, 1.82) is 0 Å².